The first kappa shape index (κ1) is 13.7. The van der Waals surface area contributed by atoms with Crippen molar-refractivity contribution in [3.8, 4) is 0 Å². The van der Waals surface area contributed by atoms with Crippen molar-refractivity contribution in [2.75, 3.05) is 0 Å². The molecule has 0 heterocycles. The highest BCUT2D eigenvalue weighted by Crippen LogP contribution is 2.25. The number of allylic oxidation sites excluding steroid dienone is 3. The molecule has 0 N–H and O–H groups in total. The predicted molar refractivity (Wildman–Crippen MR) is 74.0 cm³/mol. The Morgan fingerprint density at radius 2 is 1.70 bits per heavy atom. The number of hydrogen-bond donors (Lipinski definition) is 0. The Balaban J connectivity index is 2.15. The summed E-state index contributed by atoms with van der Waals surface area (Å²) in [5, 5.41) is 21.7. The van der Waals surface area contributed by atoms with Gasteiger partial charge < -0.3 is 0 Å². The second-order valence-electron chi connectivity index (χ2n) is 4.38. The Bertz CT molecular complexity index is 603. The Labute approximate surface area is 115 Å². The van der Waals surface area contributed by atoms with Crippen molar-refractivity contribution < 1.29 is 9.85 Å². The molecule has 20 heavy (non-hydrogen) atoms. The van der Waals surface area contributed by atoms with E-state index in [2.05, 4.69) is 0 Å². The van der Waals surface area contributed by atoms with E-state index in [0.717, 1.165) is 11.6 Å². The van der Waals surface area contributed by atoms with Crippen molar-refractivity contribution in [2.24, 2.45) is 0 Å². The van der Waals surface area contributed by atoms with Gasteiger partial charge in [-0.1, -0.05) is 48.6 Å². The molecule has 6 heteroatoms. The molecule has 2 rings (SSSR count). The Kier molecular flexibility index (Phi) is 3.74. The summed E-state index contributed by atoms with van der Waals surface area (Å²) in [5.74, 6) is 0. The first-order valence-corrected chi connectivity index (χ1v) is 5.96. The van der Waals surface area contributed by atoms with Crippen molar-refractivity contribution in [2.45, 2.75) is 12.1 Å². The van der Waals surface area contributed by atoms with E-state index in [1.807, 2.05) is 36.4 Å². The number of benzene rings is 1. The van der Waals surface area contributed by atoms with Crippen molar-refractivity contribution >= 4 is 6.08 Å². The summed E-state index contributed by atoms with van der Waals surface area (Å²) in [6, 6.07) is 9.54. The molecular formula is C14H12N2O4. The number of nitro groups is 2. The number of hydrogen-bond acceptors (Lipinski definition) is 4. The van der Waals surface area contributed by atoms with Crippen LogP contribution in [0.5, 0.6) is 0 Å². The van der Waals surface area contributed by atoms with Crippen LogP contribution in [0.15, 0.2) is 60.2 Å². The van der Waals surface area contributed by atoms with Gasteiger partial charge in [0.1, 0.15) is 16.3 Å². The van der Waals surface area contributed by atoms with Crippen LogP contribution in [0.4, 0.5) is 0 Å². The fourth-order valence-electron chi connectivity index (χ4n) is 1.85. The van der Waals surface area contributed by atoms with Gasteiger partial charge in [-0.05, 0) is 17.2 Å². The van der Waals surface area contributed by atoms with Gasteiger partial charge >= 0.3 is 5.66 Å². The van der Waals surface area contributed by atoms with Crippen LogP contribution < -0.4 is 0 Å². The summed E-state index contributed by atoms with van der Waals surface area (Å²) < 4.78 is 0. The fraction of sp³-hybridized carbons (Fsp3) is 0.143. The lowest BCUT2D eigenvalue weighted by atomic mass is 9.97. The first-order valence-electron chi connectivity index (χ1n) is 5.96. The molecule has 0 radical (unpaired) electrons. The van der Waals surface area contributed by atoms with Gasteiger partial charge in [-0.15, -0.1) is 0 Å². The molecule has 1 aromatic rings. The minimum absolute atomic E-state index is 0.252. The monoisotopic (exact) mass is 272 g/mol. The molecule has 0 amide bonds. The molecule has 0 spiro atoms. The Morgan fingerprint density at radius 3 is 2.20 bits per heavy atom. The molecule has 6 nitrogen and oxygen atoms in total. The SMILES string of the molecule is O=[N+]([O-])C1([N+](=O)[O-])C=CC(C=Cc2ccccc2)=CC1. The summed E-state index contributed by atoms with van der Waals surface area (Å²) in [4.78, 5) is 20.0. The second-order valence-corrected chi connectivity index (χ2v) is 4.38. The molecule has 0 saturated carbocycles. The highest BCUT2D eigenvalue weighted by molar-refractivity contribution is 5.55. The average Bonchev–Trinajstić information content (AvgIpc) is 2.46. The van der Waals surface area contributed by atoms with Crippen LogP contribution in [0.1, 0.15) is 12.0 Å². The van der Waals surface area contributed by atoms with E-state index in [4.69, 9.17) is 0 Å². The van der Waals surface area contributed by atoms with Gasteiger partial charge in [-0.3, -0.25) is 20.2 Å². The Morgan fingerprint density at radius 1 is 1.05 bits per heavy atom. The van der Waals surface area contributed by atoms with Crippen LogP contribution in [-0.2, 0) is 0 Å². The number of nitrogens with zero attached hydrogens (tertiary/aromatic N) is 2. The maximum absolute atomic E-state index is 10.9. The quantitative estimate of drug-likeness (QED) is 0.479. The molecule has 0 saturated heterocycles. The van der Waals surface area contributed by atoms with E-state index in [1.165, 1.54) is 12.2 Å². The van der Waals surface area contributed by atoms with Crippen molar-refractivity contribution in [3.63, 3.8) is 0 Å². The van der Waals surface area contributed by atoms with Crippen LogP contribution in [0.3, 0.4) is 0 Å². The zero-order valence-corrected chi connectivity index (χ0v) is 10.5. The molecule has 0 fully saturated rings. The van der Waals surface area contributed by atoms with Crippen molar-refractivity contribution in [1.29, 1.82) is 0 Å². The standard InChI is InChI=1S/C14H12N2O4/c17-15(18)14(16(19)20)10-8-13(9-11-14)7-6-12-4-2-1-3-5-12/h1-10H,11H2. The Hall–Kier alpha value is -2.76. The van der Waals surface area contributed by atoms with E-state index >= 15 is 0 Å². The van der Waals surface area contributed by atoms with Crippen LogP contribution in [0.2, 0.25) is 0 Å². The largest absolute Gasteiger partial charge is 0.481 e. The summed E-state index contributed by atoms with van der Waals surface area (Å²) in [6.07, 6.45) is 7.33. The highest BCUT2D eigenvalue weighted by atomic mass is 16.7. The number of rotatable bonds is 4. The van der Waals surface area contributed by atoms with E-state index in [9.17, 15) is 20.2 Å². The second kappa shape index (κ2) is 5.48. The van der Waals surface area contributed by atoms with Crippen LogP contribution in [-0.4, -0.2) is 15.5 Å². The van der Waals surface area contributed by atoms with Crippen LogP contribution in [0.25, 0.3) is 6.08 Å². The van der Waals surface area contributed by atoms with E-state index in [1.54, 1.807) is 6.08 Å². The third-order valence-corrected chi connectivity index (χ3v) is 3.08. The minimum atomic E-state index is -2.23. The van der Waals surface area contributed by atoms with Crippen LogP contribution in [0, 0.1) is 20.2 Å². The van der Waals surface area contributed by atoms with Gasteiger partial charge in [0, 0.05) is 0 Å². The van der Waals surface area contributed by atoms with E-state index in [-0.39, 0.29) is 6.42 Å². The molecule has 0 atom stereocenters. The van der Waals surface area contributed by atoms with Crippen LogP contribution >= 0.6 is 0 Å². The molecule has 1 aromatic carbocycles. The molecule has 1 aliphatic carbocycles. The van der Waals surface area contributed by atoms with Gasteiger partial charge in [0.25, 0.3) is 0 Å². The molecule has 0 aliphatic heterocycles. The lowest BCUT2D eigenvalue weighted by molar-refractivity contribution is -0.780. The van der Waals surface area contributed by atoms with Crippen molar-refractivity contribution in [1.82, 2.24) is 0 Å². The summed E-state index contributed by atoms with van der Waals surface area (Å²) in [5.41, 5.74) is -0.528. The van der Waals surface area contributed by atoms with Gasteiger partial charge in [-0.2, -0.15) is 0 Å². The normalized spacial score (nSPS) is 16.9. The molecular weight excluding hydrogens is 260 g/mol. The maximum Gasteiger partial charge on any atom is 0.481 e. The fourth-order valence-corrected chi connectivity index (χ4v) is 1.85. The zero-order valence-electron chi connectivity index (χ0n) is 10.5. The van der Waals surface area contributed by atoms with Gasteiger partial charge in [0.15, 0.2) is 0 Å². The zero-order chi connectivity index (χ0) is 14.6. The third-order valence-electron chi connectivity index (χ3n) is 3.08. The van der Waals surface area contributed by atoms with Gasteiger partial charge in [0.05, 0.1) is 6.08 Å². The first-order chi connectivity index (χ1) is 9.54. The lowest BCUT2D eigenvalue weighted by Crippen LogP contribution is -2.44. The van der Waals surface area contributed by atoms with E-state index in [0.29, 0.717) is 5.57 Å². The molecule has 0 aromatic heterocycles. The van der Waals surface area contributed by atoms with Crippen molar-refractivity contribution in [3.05, 3.63) is 86.0 Å². The average molecular weight is 272 g/mol. The maximum atomic E-state index is 10.9. The third kappa shape index (κ3) is 2.64. The topological polar surface area (TPSA) is 86.3 Å². The molecule has 0 unspecified atom stereocenters. The smallest absolute Gasteiger partial charge is 0.258 e. The summed E-state index contributed by atoms with van der Waals surface area (Å²) >= 11 is 0. The van der Waals surface area contributed by atoms with Gasteiger partial charge in [-0.25, -0.2) is 0 Å². The lowest BCUT2D eigenvalue weighted by Gasteiger charge is -2.15. The minimum Gasteiger partial charge on any atom is -0.258 e. The summed E-state index contributed by atoms with van der Waals surface area (Å²) in [6.45, 7) is 0. The predicted octanol–water partition coefficient (Wildman–Crippen LogP) is 2.84. The molecule has 1 aliphatic rings. The summed E-state index contributed by atoms with van der Waals surface area (Å²) in [7, 11) is 0. The molecule has 102 valence electrons. The van der Waals surface area contributed by atoms with E-state index < -0.39 is 15.5 Å². The van der Waals surface area contributed by atoms with Gasteiger partial charge in [0.2, 0.25) is 0 Å². The highest BCUT2D eigenvalue weighted by Gasteiger charge is 2.53. The molecule has 0 bridgehead atoms.